The molecule has 0 fully saturated rings. The van der Waals surface area contributed by atoms with Gasteiger partial charge in [0.2, 0.25) is 0 Å². The Morgan fingerprint density at radius 2 is 2.29 bits per heavy atom. The summed E-state index contributed by atoms with van der Waals surface area (Å²) in [6.07, 6.45) is 3.23. The molecule has 0 saturated heterocycles. The average molecular weight is 235 g/mol. The molecule has 0 aliphatic rings. The highest BCUT2D eigenvalue weighted by atomic mass is 19.1. The Labute approximate surface area is 98.5 Å². The fraction of sp³-hybridized carbons (Fsp3) is 0.250. The number of hydrogen-bond donors (Lipinski definition) is 2. The standard InChI is InChI=1S/C12H14FN3O/c13-10-3-1-2-9(4-10)6-16-8-15-5-12(16)11(14)7-17/h1-5,8,11,17H,6-7,14H2. The zero-order valence-corrected chi connectivity index (χ0v) is 9.25. The van der Waals surface area contributed by atoms with Gasteiger partial charge in [-0.25, -0.2) is 9.37 Å². The molecule has 4 nitrogen and oxygen atoms in total. The summed E-state index contributed by atoms with van der Waals surface area (Å²) >= 11 is 0. The topological polar surface area (TPSA) is 64.1 Å². The molecule has 1 heterocycles. The second kappa shape index (κ2) is 5.07. The van der Waals surface area contributed by atoms with E-state index in [1.807, 2.05) is 6.07 Å². The summed E-state index contributed by atoms with van der Waals surface area (Å²) in [7, 11) is 0. The smallest absolute Gasteiger partial charge is 0.123 e. The Bertz CT molecular complexity index is 498. The molecular weight excluding hydrogens is 221 g/mol. The van der Waals surface area contributed by atoms with Gasteiger partial charge in [-0.3, -0.25) is 0 Å². The first-order valence-electron chi connectivity index (χ1n) is 5.31. The predicted octanol–water partition coefficient (Wildman–Crippen LogP) is 1.06. The van der Waals surface area contributed by atoms with Crippen LogP contribution in [0.25, 0.3) is 0 Å². The molecule has 1 aromatic heterocycles. The molecule has 3 N–H and O–H groups in total. The number of halogens is 1. The molecule has 2 aromatic rings. The fourth-order valence-electron chi connectivity index (χ4n) is 1.70. The molecule has 0 radical (unpaired) electrons. The van der Waals surface area contributed by atoms with Crippen molar-refractivity contribution in [3.8, 4) is 0 Å². The van der Waals surface area contributed by atoms with Gasteiger partial charge in [-0.2, -0.15) is 0 Å². The number of aromatic nitrogens is 2. The van der Waals surface area contributed by atoms with Crippen molar-refractivity contribution in [2.45, 2.75) is 12.6 Å². The second-order valence-corrected chi connectivity index (χ2v) is 3.87. The SMILES string of the molecule is NC(CO)c1cncn1Cc1cccc(F)c1. The molecule has 1 atom stereocenters. The van der Waals surface area contributed by atoms with E-state index in [1.54, 1.807) is 23.2 Å². The van der Waals surface area contributed by atoms with Crippen LogP contribution in [0.1, 0.15) is 17.3 Å². The Hall–Kier alpha value is -1.72. The number of rotatable bonds is 4. The molecule has 0 saturated carbocycles. The maximum atomic E-state index is 13.0. The van der Waals surface area contributed by atoms with Gasteiger partial charge in [-0.1, -0.05) is 12.1 Å². The average Bonchev–Trinajstić information content (AvgIpc) is 2.76. The van der Waals surface area contributed by atoms with Gasteiger partial charge in [-0.15, -0.1) is 0 Å². The summed E-state index contributed by atoms with van der Waals surface area (Å²) in [5.74, 6) is -0.268. The predicted molar refractivity (Wildman–Crippen MR) is 61.7 cm³/mol. The van der Waals surface area contributed by atoms with E-state index in [1.165, 1.54) is 12.1 Å². The van der Waals surface area contributed by atoms with Crippen LogP contribution in [0.4, 0.5) is 4.39 Å². The third kappa shape index (κ3) is 2.69. The molecule has 0 aliphatic carbocycles. The molecule has 1 unspecified atom stereocenters. The van der Waals surface area contributed by atoms with Gasteiger partial charge >= 0.3 is 0 Å². The number of aliphatic hydroxyl groups excluding tert-OH is 1. The Kier molecular flexibility index (Phi) is 3.51. The summed E-state index contributed by atoms with van der Waals surface area (Å²) in [5, 5.41) is 9.02. The normalized spacial score (nSPS) is 12.6. The van der Waals surface area contributed by atoms with Gasteiger partial charge in [0, 0.05) is 12.7 Å². The molecule has 2 rings (SSSR count). The number of nitrogens with zero attached hydrogens (tertiary/aromatic N) is 2. The monoisotopic (exact) mass is 235 g/mol. The van der Waals surface area contributed by atoms with Gasteiger partial charge in [0.1, 0.15) is 5.82 Å². The molecule has 5 heteroatoms. The minimum Gasteiger partial charge on any atom is -0.394 e. The van der Waals surface area contributed by atoms with Crippen molar-refractivity contribution in [2.24, 2.45) is 5.73 Å². The van der Waals surface area contributed by atoms with Gasteiger partial charge in [0.05, 0.1) is 24.7 Å². The first-order valence-corrected chi connectivity index (χ1v) is 5.31. The molecule has 17 heavy (non-hydrogen) atoms. The number of hydrogen-bond acceptors (Lipinski definition) is 3. The maximum absolute atomic E-state index is 13.0. The van der Waals surface area contributed by atoms with Gasteiger partial charge in [-0.05, 0) is 17.7 Å². The lowest BCUT2D eigenvalue weighted by Gasteiger charge is -2.12. The van der Waals surface area contributed by atoms with E-state index in [-0.39, 0.29) is 12.4 Å². The van der Waals surface area contributed by atoms with Crippen molar-refractivity contribution >= 4 is 0 Å². The van der Waals surface area contributed by atoms with Crippen LogP contribution in [-0.2, 0) is 6.54 Å². The van der Waals surface area contributed by atoms with E-state index in [2.05, 4.69) is 4.98 Å². The van der Waals surface area contributed by atoms with Crippen LogP contribution in [0.3, 0.4) is 0 Å². The summed E-state index contributed by atoms with van der Waals surface area (Å²) in [6.45, 7) is 0.343. The third-order valence-corrected chi connectivity index (χ3v) is 2.56. The van der Waals surface area contributed by atoms with Gasteiger partial charge in [0.15, 0.2) is 0 Å². The van der Waals surface area contributed by atoms with Crippen LogP contribution in [-0.4, -0.2) is 21.3 Å². The number of benzene rings is 1. The van der Waals surface area contributed by atoms with Crippen LogP contribution in [0, 0.1) is 5.82 Å². The first kappa shape index (κ1) is 11.8. The van der Waals surface area contributed by atoms with E-state index in [0.717, 1.165) is 11.3 Å². The molecule has 0 bridgehead atoms. The Morgan fingerprint density at radius 3 is 3.00 bits per heavy atom. The lowest BCUT2D eigenvalue weighted by Crippen LogP contribution is -2.19. The van der Waals surface area contributed by atoms with Crippen LogP contribution in [0.15, 0.2) is 36.8 Å². The van der Waals surface area contributed by atoms with E-state index in [4.69, 9.17) is 10.8 Å². The number of nitrogens with two attached hydrogens (primary N) is 1. The fourth-order valence-corrected chi connectivity index (χ4v) is 1.70. The van der Waals surface area contributed by atoms with Crippen LogP contribution < -0.4 is 5.73 Å². The van der Waals surface area contributed by atoms with Crippen molar-refractivity contribution < 1.29 is 9.50 Å². The highest BCUT2D eigenvalue weighted by Gasteiger charge is 2.10. The molecule has 0 spiro atoms. The number of imidazole rings is 1. The summed E-state index contributed by atoms with van der Waals surface area (Å²) < 4.78 is 14.8. The second-order valence-electron chi connectivity index (χ2n) is 3.87. The van der Waals surface area contributed by atoms with Crippen molar-refractivity contribution in [2.75, 3.05) is 6.61 Å². The van der Waals surface area contributed by atoms with Crippen molar-refractivity contribution in [3.05, 3.63) is 53.9 Å². The maximum Gasteiger partial charge on any atom is 0.123 e. The summed E-state index contributed by atoms with van der Waals surface area (Å²) in [4.78, 5) is 3.99. The lowest BCUT2D eigenvalue weighted by molar-refractivity contribution is 0.263. The zero-order valence-electron chi connectivity index (χ0n) is 9.25. The summed E-state index contributed by atoms with van der Waals surface area (Å²) in [6, 6.07) is 5.89. The first-order chi connectivity index (χ1) is 8.20. The van der Waals surface area contributed by atoms with E-state index in [0.29, 0.717) is 6.54 Å². The number of aliphatic hydroxyl groups is 1. The molecule has 0 aliphatic heterocycles. The van der Waals surface area contributed by atoms with E-state index in [9.17, 15) is 4.39 Å². The van der Waals surface area contributed by atoms with Crippen molar-refractivity contribution in [1.29, 1.82) is 0 Å². The largest absolute Gasteiger partial charge is 0.394 e. The van der Waals surface area contributed by atoms with Gasteiger partial charge in [0.25, 0.3) is 0 Å². The Morgan fingerprint density at radius 1 is 1.47 bits per heavy atom. The Balaban J connectivity index is 2.22. The highest BCUT2D eigenvalue weighted by molar-refractivity contribution is 5.18. The van der Waals surface area contributed by atoms with E-state index >= 15 is 0 Å². The molecule has 0 amide bonds. The lowest BCUT2D eigenvalue weighted by atomic mass is 10.2. The van der Waals surface area contributed by atoms with Crippen molar-refractivity contribution in [3.63, 3.8) is 0 Å². The van der Waals surface area contributed by atoms with Gasteiger partial charge < -0.3 is 15.4 Å². The summed E-state index contributed by atoms with van der Waals surface area (Å²) in [5.41, 5.74) is 7.30. The zero-order chi connectivity index (χ0) is 12.3. The minimum atomic E-state index is -0.467. The molecular formula is C12H14FN3O. The van der Waals surface area contributed by atoms with E-state index < -0.39 is 6.04 Å². The van der Waals surface area contributed by atoms with Crippen LogP contribution in [0.5, 0.6) is 0 Å². The van der Waals surface area contributed by atoms with Crippen molar-refractivity contribution in [1.82, 2.24) is 9.55 Å². The quantitative estimate of drug-likeness (QED) is 0.833. The molecule has 90 valence electrons. The third-order valence-electron chi connectivity index (χ3n) is 2.56. The molecule has 1 aromatic carbocycles. The van der Waals surface area contributed by atoms with Crippen LogP contribution >= 0.6 is 0 Å². The minimum absolute atomic E-state index is 0.144. The van der Waals surface area contributed by atoms with Crippen LogP contribution in [0.2, 0.25) is 0 Å². The highest BCUT2D eigenvalue weighted by Crippen LogP contribution is 2.12.